The Morgan fingerprint density at radius 2 is 2.35 bits per heavy atom. The fourth-order valence-electron chi connectivity index (χ4n) is 1.37. The summed E-state index contributed by atoms with van der Waals surface area (Å²) in [5.74, 6) is 0.676. The second kappa shape index (κ2) is 7.66. The highest BCUT2D eigenvalue weighted by Crippen LogP contribution is 2.13. The van der Waals surface area contributed by atoms with Gasteiger partial charge in [-0.25, -0.2) is 0 Å². The number of hydrogen-bond donors (Lipinski definition) is 2. The number of ether oxygens (including phenoxy) is 1. The molecule has 92 valence electrons. The van der Waals surface area contributed by atoms with E-state index in [-0.39, 0.29) is 12.6 Å². The van der Waals surface area contributed by atoms with Crippen LogP contribution in [0.3, 0.4) is 0 Å². The van der Waals surface area contributed by atoms with Crippen molar-refractivity contribution in [1.29, 1.82) is 5.26 Å². The molecule has 1 aromatic rings. The first-order valence-corrected chi connectivity index (χ1v) is 5.75. The Balaban J connectivity index is 2.45. The smallest absolute Gasteiger partial charge is 0.130 e. The highest BCUT2D eigenvalue weighted by atomic mass is 16.5. The molecule has 0 radical (unpaired) electrons. The molecule has 0 aromatic heterocycles. The summed E-state index contributed by atoms with van der Waals surface area (Å²) in [4.78, 5) is 0. The van der Waals surface area contributed by atoms with Crippen LogP contribution >= 0.6 is 0 Å². The van der Waals surface area contributed by atoms with Crippen molar-refractivity contribution in [3.8, 4) is 11.8 Å². The zero-order chi connectivity index (χ0) is 12.5. The van der Waals surface area contributed by atoms with Gasteiger partial charge in [-0.05, 0) is 30.7 Å². The van der Waals surface area contributed by atoms with Gasteiger partial charge in [-0.1, -0.05) is 19.1 Å². The molecule has 0 heterocycles. The maximum atomic E-state index is 8.98. The number of nitrogens with zero attached hydrogens (tertiary/aromatic N) is 1. The van der Waals surface area contributed by atoms with Gasteiger partial charge < -0.3 is 9.84 Å². The molecule has 0 saturated heterocycles. The summed E-state index contributed by atoms with van der Waals surface area (Å²) in [7, 11) is 0. The van der Waals surface area contributed by atoms with E-state index in [0.29, 0.717) is 12.4 Å². The lowest BCUT2D eigenvalue weighted by molar-refractivity contribution is 0.275. The van der Waals surface area contributed by atoms with E-state index in [0.717, 1.165) is 18.5 Å². The predicted molar refractivity (Wildman–Crippen MR) is 65.6 cm³/mol. The molecule has 1 rings (SSSR count). The van der Waals surface area contributed by atoms with E-state index in [1.165, 1.54) is 0 Å². The largest absolute Gasteiger partial charge is 0.491 e. The minimum atomic E-state index is -0.298. The average molecular weight is 234 g/mol. The van der Waals surface area contributed by atoms with Crippen LogP contribution in [0.25, 0.3) is 0 Å². The Kier molecular flexibility index (Phi) is 6.08. The number of rotatable bonds is 7. The van der Waals surface area contributed by atoms with Crippen molar-refractivity contribution in [3.63, 3.8) is 0 Å². The Labute approximate surface area is 102 Å². The van der Waals surface area contributed by atoms with E-state index >= 15 is 0 Å². The van der Waals surface area contributed by atoms with Crippen molar-refractivity contribution in [3.05, 3.63) is 29.8 Å². The third-order valence-electron chi connectivity index (χ3n) is 2.29. The lowest BCUT2D eigenvalue weighted by atomic mass is 10.2. The molecule has 0 bridgehead atoms. The summed E-state index contributed by atoms with van der Waals surface area (Å²) in [6.07, 6.45) is 0.984. The van der Waals surface area contributed by atoms with Crippen LogP contribution in [0.4, 0.5) is 0 Å². The number of hydrogen-bond acceptors (Lipinski definition) is 4. The van der Waals surface area contributed by atoms with Crippen LogP contribution < -0.4 is 10.1 Å². The molecule has 4 heteroatoms. The van der Waals surface area contributed by atoms with Crippen LogP contribution in [-0.4, -0.2) is 24.3 Å². The first-order chi connectivity index (χ1) is 8.30. The SMILES string of the molecule is CCCNC(C#N)COc1cccc(CO)c1. The molecule has 0 aliphatic heterocycles. The summed E-state index contributed by atoms with van der Waals surface area (Å²) in [6.45, 7) is 3.16. The fourth-order valence-corrected chi connectivity index (χ4v) is 1.37. The molecule has 0 fully saturated rings. The second-order valence-electron chi connectivity index (χ2n) is 3.75. The zero-order valence-corrected chi connectivity index (χ0v) is 10.0. The molecular formula is C13H18N2O2. The lowest BCUT2D eigenvalue weighted by Crippen LogP contribution is -2.33. The van der Waals surface area contributed by atoms with Crippen molar-refractivity contribution in [1.82, 2.24) is 5.32 Å². The number of aliphatic hydroxyl groups is 1. The first kappa shape index (κ1) is 13.5. The van der Waals surface area contributed by atoms with Crippen molar-refractivity contribution in [2.45, 2.75) is 26.0 Å². The molecule has 0 aliphatic rings. The van der Waals surface area contributed by atoms with E-state index in [4.69, 9.17) is 15.1 Å². The summed E-state index contributed by atoms with van der Waals surface area (Å²) >= 11 is 0. The van der Waals surface area contributed by atoms with Crippen molar-refractivity contribution < 1.29 is 9.84 Å². The first-order valence-electron chi connectivity index (χ1n) is 5.75. The highest BCUT2D eigenvalue weighted by molar-refractivity contribution is 5.28. The van der Waals surface area contributed by atoms with Crippen LogP contribution in [0.15, 0.2) is 24.3 Å². The van der Waals surface area contributed by atoms with E-state index in [9.17, 15) is 0 Å². The van der Waals surface area contributed by atoms with Crippen molar-refractivity contribution in [2.24, 2.45) is 0 Å². The topological polar surface area (TPSA) is 65.3 Å². The van der Waals surface area contributed by atoms with Crippen molar-refractivity contribution in [2.75, 3.05) is 13.2 Å². The van der Waals surface area contributed by atoms with Crippen LogP contribution in [0.2, 0.25) is 0 Å². The third kappa shape index (κ3) is 4.85. The van der Waals surface area contributed by atoms with Crippen LogP contribution in [-0.2, 0) is 6.61 Å². The predicted octanol–water partition coefficient (Wildman–Crippen LogP) is 1.45. The van der Waals surface area contributed by atoms with Crippen LogP contribution in [0.1, 0.15) is 18.9 Å². The van der Waals surface area contributed by atoms with Crippen LogP contribution in [0, 0.1) is 11.3 Å². The lowest BCUT2D eigenvalue weighted by Gasteiger charge is -2.12. The summed E-state index contributed by atoms with van der Waals surface area (Å²) in [6, 6.07) is 9.08. The molecule has 17 heavy (non-hydrogen) atoms. The van der Waals surface area contributed by atoms with Gasteiger partial charge in [0.25, 0.3) is 0 Å². The number of aliphatic hydroxyl groups excluding tert-OH is 1. The zero-order valence-electron chi connectivity index (χ0n) is 10.0. The standard InChI is InChI=1S/C13H18N2O2/c1-2-6-15-12(8-14)10-17-13-5-3-4-11(7-13)9-16/h3-5,7,12,15-16H,2,6,9-10H2,1H3. The average Bonchev–Trinajstić information content (AvgIpc) is 2.39. The van der Waals surface area contributed by atoms with Gasteiger partial charge in [0.05, 0.1) is 12.7 Å². The number of nitriles is 1. The van der Waals surface area contributed by atoms with Gasteiger partial charge >= 0.3 is 0 Å². The molecule has 1 atom stereocenters. The fraction of sp³-hybridized carbons (Fsp3) is 0.462. The molecule has 1 aromatic carbocycles. The maximum absolute atomic E-state index is 8.98. The molecule has 0 saturated carbocycles. The van der Waals surface area contributed by atoms with Gasteiger partial charge in [0.15, 0.2) is 0 Å². The van der Waals surface area contributed by atoms with Gasteiger partial charge in [-0.15, -0.1) is 0 Å². The molecular weight excluding hydrogens is 216 g/mol. The normalized spacial score (nSPS) is 11.8. The number of benzene rings is 1. The minimum absolute atomic E-state index is 0.00698. The van der Waals surface area contributed by atoms with Gasteiger partial charge in [0.2, 0.25) is 0 Å². The maximum Gasteiger partial charge on any atom is 0.130 e. The quantitative estimate of drug-likeness (QED) is 0.749. The molecule has 1 unspecified atom stereocenters. The Morgan fingerprint density at radius 3 is 3.00 bits per heavy atom. The minimum Gasteiger partial charge on any atom is -0.491 e. The molecule has 2 N–H and O–H groups in total. The van der Waals surface area contributed by atoms with E-state index in [2.05, 4.69) is 11.4 Å². The number of nitrogens with one attached hydrogen (secondary N) is 1. The third-order valence-corrected chi connectivity index (χ3v) is 2.29. The Bertz CT molecular complexity index is 374. The van der Waals surface area contributed by atoms with Gasteiger partial charge in [0.1, 0.15) is 18.4 Å². The Hall–Kier alpha value is -1.57. The van der Waals surface area contributed by atoms with Gasteiger partial charge in [-0.3, -0.25) is 5.32 Å². The van der Waals surface area contributed by atoms with E-state index in [1.807, 2.05) is 25.1 Å². The van der Waals surface area contributed by atoms with Gasteiger partial charge in [-0.2, -0.15) is 5.26 Å². The van der Waals surface area contributed by atoms with Crippen molar-refractivity contribution >= 4 is 0 Å². The highest BCUT2D eigenvalue weighted by Gasteiger charge is 2.06. The molecule has 4 nitrogen and oxygen atoms in total. The summed E-state index contributed by atoms with van der Waals surface area (Å²) < 4.78 is 5.50. The summed E-state index contributed by atoms with van der Waals surface area (Å²) in [5, 5.41) is 21.0. The molecule has 0 aliphatic carbocycles. The monoisotopic (exact) mass is 234 g/mol. The van der Waals surface area contributed by atoms with E-state index < -0.39 is 0 Å². The molecule has 0 spiro atoms. The van der Waals surface area contributed by atoms with Crippen LogP contribution in [0.5, 0.6) is 5.75 Å². The second-order valence-corrected chi connectivity index (χ2v) is 3.75. The van der Waals surface area contributed by atoms with Gasteiger partial charge in [0, 0.05) is 0 Å². The van der Waals surface area contributed by atoms with E-state index in [1.54, 1.807) is 6.07 Å². The Morgan fingerprint density at radius 1 is 1.53 bits per heavy atom. The molecule has 0 amide bonds. The summed E-state index contributed by atoms with van der Waals surface area (Å²) in [5.41, 5.74) is 0.803.